The van der Waals surface area contributed by atoms with Gasteiger partial charge in [0.1, 0.15) is 17.3 Å². The fourth-order valence-electron chi connectivity index (χ4n) is 4.63. The normalized spacial score (nSPS) is 19.6. The van der Waals surface area contributed by atoms with Gasteiger partial charge in [-0.1, -0.05) is 6.07 Å². The maximum absolute atomic E-state index is 14.2. The summed E-state index contributed by atoms with van der Waals surface area (Å²) in [6.07, 6.45) is -0.626. The third-order valence-electron chi connectivity index (χ3n) is 6.33. The molecule has 1 aromatic heterocycles. The molecule has 0 amide bonds. The third kappa shape index (κ3) is 3.62. The smallest absolute Gasteiger partial charge is 0.368 e. The van der Waals surface area contributed by atoms with Crippen molar-refractivity contribution in [2.75, 3.05) is 20.1 Å². The number of rotatable bonds is 3. The van der Waals surface area contributed by atoms with Crippen LogP contribution in [0.3, 0.4) is 0 Å². The van der Waals surface area contributed by atoms with E-state index < -0.39 is 23.5 Å². The number of aromatic amines is 1. The van der Waals surface area contributed by atoms with Crippen LogP contribution in [-0.4, -0.2) is 41.1 Å². The first-order valence-corrected chi connectivity index (χ1v) is 10.4. The van der Waals surface area contributed by atoms with E-state index in [0.717, 1.165) is 35.4 Å². The molecule has 1 saturated carbocycles. The second kappa shape index (κ2) is 7.14. The first-order chi connectivity index (χ1) is 14.7. The Kier molecular flexibility index (Phi) is 4.64. The maximum Gasteiger partial charge on any atom is 0.431 e. The second-order valence-corrected chi connectivity index (χ2v) is 8.51. The Morgan fingerprint density at radius 1 is 1.06 bits per heavy atom. The van der Waals surface area contributed by atoms with Crippen LogP contribution in [0.4, 0.5) is 22.0 Å². The van der Waals surface area contributed by atoms with Crippen molar-refractivity contribution < 1.29 is 22.0 Å². The van der Waals surface area contributed by atoms with Crippen molar-refractivity contribution in [3.05, 3.63) is 70.2 Å². The lowest BCUT2D eigenvalue weighted by Crippen LogP contribution is -2.40. The zero-order chi connectivity index (χ0) is 21.9. The highest BCUT2D eigenvalue weighted by Crippen LogP contribution is 2.44. The molecule has 5 rings (SSSR count). The van der Waals surface area contributed by atoms with Crippen LogP contribution in [0.1, 0.15) is 24.1 Å². The van der Waals surface area contributed by atoms with E-state index >= 15 is 0 Å². The topological polar surface area (TPSA) is 22.3 Å². The molecule has 1 aromatic carbocycles. The van der Waals surface area contributed by atoms with Gasteiger partial charge in [-0.15, -0.1) is 0 Å². The molecule has 1 fully saturated rings. The third-order valence-corrected chi connectivity index (χ3v) is 6.33. The molecule has 0 spiro atoms. The Balaban J connectivity index is 1.48. The lowest BCUT2D eigenvalue weighted by Gasteiger charge is -2.38. The van der Waals surface area contributed by atoms with E-state index in [0.29, 0.717) is 25.2 Å². The SMILES string of the molecule is CN1CC(N2CCc3[nH]c(-c4c(F)cccc4F)cc3C2)=C(C2CC2)C=C1C(F)(F)F. The van der Waals surface area contributed by atoms with Gasteiger partial charge in [0.2, 0.25) is 0 Å². The van der Waals surface area contributed by atoms with Crippen molar-refractivity contribution in [2.45, 2.75) is 32.0 Å². The summed E-state index contributed by atoms with van der Waals surface area (Å²) >= 11 is 0. The van der Waals surface area contributed by atoms with Crippen molar-refractivity contribution in [3.63, 3.8) is 0 Å². The molecule has 0 bridgehead atoms. The van der Waals surface area contributed by atoms with E-state index in [2.05, 4.69) is 9.88 Å². The molecular formula is C23H22F5N3. The van der Waals surface area contributed by atoms with Gasteiger partial charge in [0.25, 0.3) is 0 Å². The van der Waals surface area contributed by atoms with Crippen LogP contribution in [0.25, 0.3) is 11.3 Å². The zero-order valence-corrected chi connectivity index (χ0v) is 17.0. The minimum absolute atomic E-state index is 0.0866. The first-order valence-electron chi connectivity index (χ1n) is 10.4. The average molecular weight is 435 g/mol. The van der Waals surface area contributed by atoms with Crippen molar-refractivity contribution >= 4 is 0 Å². The monoisotopic (exact) mass is 435 g/mol. The fourth-order valence-corrected chi connectivity index (χ4v) is 4.63. The predicted molar refractivity (Wildman–Crippen MR) is 107 cm³/mol. The van der Waals surface area contributed by atoms with Gasteiger partial charge in [0.15, 0.2) is 0 Å². The molecule has 3 nitrogen and oxygen atoms in total. The van der Waals surface area contributed by atoms with E-state index in [4.69, 9.17) is 0 Å². The van der Waals surface area contributed by atoms with E-state index in [1.54, 1.807) is 6.07 Å². The molecule has 2 aromatic rings. The van der Waals surface area contributed by atoms with Gasteiger partial charge >= 0.3 is 6.18 Å². The predicted octanol–water partition coefficient (Wildman–Crippen LogP) is 5.37. The Hall–Kier alpha value is -2.77. The molecule has 8 heteroatoms. The van der Waals surface area contributed by atoms with Crippen LogP contribution in [0.2, 0.25) is 0 Å². The number of allylic oxidation sites excluding steroid dienone is 3. The number of nitrogens with one attached hydrogen (secondary N) is 1. The summed E-state index contributed by atoms with van der Waals surface area (Å²) in [6, 6.07) is 5.52. The Bertz CT molecular complexity index is 1070. The number of H-pyrrole nitrogens is 1. The molecule has 1 aliphatic carbocycles. The minimum atomic E-state index is -4.38. The van der Waals surface area contributed by atoms with Crippen molar-refractivity contribution in [3.8, 4) is 11.3 Å². The summed E-state index contributed by atoms with van der Waals surface area (Å²) < 4.78 is 68.7. The summed E-state index contributed by atoms with van der Waals surface area (Å²) in [7, 11) is 1.47. The lowest BCUT2D eigenvalue weighted by atomic mass is 9.99. The van der Waals surface area contributed by atoms with Gasteiger partial charge in [-0.25, -0.2) is 8.78 Å². The Morgan fingerprint density at radius 2 is 1.77 bits per heavy atom. The second-order valence-electron chi connectivity index (χ2n) is 8.51. The number of alkyl halides is 3. The zero-order valence-electron chi connectivity index (χ0n) is 17.0. The molecule has 31 heavy (non-hydrogen) atoms. The van der Waals surface area contributed by atoms with E-state index in [-0.39, 0.29) is 18.0 Å². The van der Waals surface area contributed by atoms with Crippen LogP contribution in [0.5, 0.6) is 0 Å². The van der Waals surface area contributed by atoms with Crippen LogP contribution < -0.4 is 0 Å². The molecule has 2 aliphatic heterocycles. The molecule has 0 saturated heterocycles. The van der Waals surface area contributed by atoms with Crippen LogP contribution >= 0.6 is 0 Å². The number of nitrogens with zero attached hydrogens (tertiary/aromatic N) is 2. The van der Waals surface area contributed by atoms with Crippen LogP contribution in [0.15, 0.2) is 47.3 Å². The Labute approximate surface area is 176 Å². The first kappa shape index (κ1) is 20.2. The number of likely N-dealkylation sites (N-methyl/N-ethyl adjacent to an activating group) is 1. The molecule has 3 aliphatic rings. The van der Waals surface area contributed by atoms with E-state index in [9.17, 15) is 22.0 Å². The molecule has 1 N–H and O–H groups in total. The largest absolute Gasteiger partial charge is 0.431 e. The highest BCUT2D eigenvalue weighted by atomic mass is 19.4. The molecular weight excluding hydrogens is 413 g/mol. The number of halogens is 5. The van der Waals surface area contributed by atoms with Gasteiger partial charge in [0, 0.05) is 37.9 Å². The van der Waals surface area contributed by atoms with Gasteiger partial charge in [0.05, 0.1) is 17.8 Å². The average Bonchev–Trinajstić information content (AvgIpc) is 3.45. The molecule has 0 unspecified atom stereocenters. The summed E-state index contributed by atoms with van der Waals surface area (Å²) in [5.41, 5.74) is 3.23. The minimum Gasteiger partial charge on any atom is -0.368 e. The number of hydrogen-bond donors (Lipinski definition) is 1. The number of benzene rings is 1. The molecule has 164 valence electrons. The summed E-state index contributed by atoms with van der Waals surface area (Å²) in [5.74, 6) is -1.09. The highest BCUT2D eigenvalue weighted by Gasteiger charge is 2.42. The number of hydrogen-bond acceptors (Lipinski definition) is 2. The molecule has 0 atom stereocenters. The summed E-state index contributed by atoms with van der Waals surface area (Å²) in [6.45, 7) is 1.34. The van der Waals surface area contributed by atoms with E-state index in [1.807, 2.05) is 0 Å². The quantitative estimate of drug-likeness (QED) is 0.655. The maximum atomic E-state index is 14.2. The highest BCUT2D eigenvalue weighted by molar-refractivity contribution is 5.63. The molecule has 0 radical (unpaired) electrons. The van der Waals surface area contributed by atoms with Gasteiger partial charge in [-0.05, 0) is 54.2 Å². The lowest BCUT2D eigenvalue weighted by molar-refractivity contribution is -0.109. The van der Waals surface area contributed by atoms with Crippen molar-refractivity contribution in [1.82, 2.24) is 14.8 Å². The van der Waals surface area contributed by atoms with Gasteiger partial charge < -0.3 is 14.8 Å². The summed E-state index contributed by atoms with van der Waals surface area (Å²) in [5, 5.41) is 0. The fraction of sp³-hybridized carbons (Fsp3) is 0.391. The Morgan fingerprint density at radius 3 is 2.42 bits per heavy atom. The van der Waals surface area contributed by atoms with E-state index in [1.165, 1.54) is 36.2 Å². The van der Waals surface area contributed by atoms with Crippen LogP contribution in [-0.2, 0) is 13.0 Å². The standard InChI is InChI=1S/C23H22F5N3/c1-30-12-20(15(13-5-6-13)10-21(30)23(26,27)28)31-8-7-18-14(11-31)9-19(29-18)22-16(24)3-2-4-17(22)25/h2-4,9-10,13,29H,5-8,11-12H2,1H3. The summed E-state index contributed by atoms with van der Waals surface area (Å²) in [4.78, 5) is 6.52. The van der Waals surface area contributed by atoms with Gasteiger partial charge in [-0.3, -0.25) is 0 Å². The van der Waals surface area contributed by atoms with Crippen molar-refractivity contribution in [1.29, 1.82) is 0 Å². The van der Waals surface area contributed by atoms with Gasteiger partial charge in [-0.2, -0.15) is 13.2 Å². The van der Waals surface area contributed by atoms with Crippen LogP contribution in [0, 0.1) is 17.6 Å². The number of aromatic nitrogens is 1. The number of fused-ring (bicyclic) bond motifs is 1. The van der Waals surface area contributed by atoms with Crippen molar-refractivity contribution in [2.24, 2.45) is 5.92 Å². The molecule has 3 heterocycles.